The lowest BCUT2D eigenvalue weighted by Crippen LogP contribution is -2.53. The summed E-state index contributed by atoms with van der Waals surface area (Å²) >= 11 is 0. The van der Waals surface area contributed by atoms with Crippen molar-refractivity contribution in [1.82, 2.24) is 14.5 Å². The summed E-state index contributed by atoms with van der Waals surface area (Å²) in [6.07, 6.45) is 3.17. The standard InChI is InChI=1S/C24H33N3O4S/c1-4-5-16-25-24(29)22(17-20-12-8-6-9-13-20)27(18-21-14-10-7-11-15-21)23(28)19-26(2)32(3,30)31/h6-15,22H,4-5,16-19H2,1-3H3,(H,25,29). The fraction of sp³-hybridized carbons (Fsp3) is 0.417. The molecule has 0 radical (unpaired) electrons. The van der Waals surface area contributed by atoms with Crippen molar-refractivity contribution in [3.63, 3.8) is 0 Å². The lowest BCUT2D eigenvalue weighted by Gasteiger charge is -2.32. The Bertz CT molecular complexity index is 965. The molecule has 0 spiro atoms. The molecule has 2 amide bonds. The van der Waals surface area contributed by atoms with Crippen molar-refractivity contribution >= 4 is 21.8 Å². The molecule has 7 nitrogen and oxygen atoms in total. The van der Waals surface area contributed by atoms with Crippen LogP contribution < -0.4 is 5.32 Å². The van der Waals surface area contributed by atoms with Crippen molar-refractivity contribution in [2.24, 2.45) is 0 Å². The number of carbonyl (C=O) groups excluding carboxylic acids is 2. The molecule has 0 aliphatic heterocycles. The second-order valence-corrected chi connectivity index (χ2v) is 9.97. The quantitative estimate of drug-likeness (QED) is 0.494. The first-order valence-electron chi connectivity index (χ1n) is 10.8. The van der Waals surface area contributed by atoms with Crippen LogP contribution in [0.15, 0.2) is 60.7 Å². The maximum Gasteiger partial charge on any atom is 0.243 e. The highest BCUT2D eigenvalue weighted by Crippen LogP contribution is 2.15. The average molecular weight is 460 g/mol. The first-order valence-corrected chi connectivity index (χ1v) is 12.6. The van der Waals surface area contributed by atoms with Crippen LogP contribution in [0.5, 0.6) is 0 Å². The van der Waals surface area contributed by atoms with Crippen LogP contribution in [-0.2, 0) is 32.6 Å². The Hall–Kier alpha value is -2.71. The van der Waals surface area contributed by atoms with Gasteiger partial charge in [-0.1, -0.05) is 74.0 Å². The topological polar surface area (TPSA) is 86.8 Å². The van der Waals surface area contributed by atoms with Crippen molar-refractivity contribution in [1.29, 1.82) is 0 Å². The number of unbranched alkanes of at least 4 members (excludes halogenated alkanes) is 1. The van der Waals surface area contributed by atoms with Crippen LogP contribution in [0.4, 0.5) is 0 Å². The number of hydrogen-bond acceptors (Lipinski definition) is 4. The number of nitrogens with zero attached hydrogens (tertiary/aromatic N) is 2. The van der Waals surface area contributed by atoms with Gasteiger partial charge in [0.05, 0.1) is 12.8 Å². The predicted octanol–water partition coefficient (Wildman–Crippen LogP) is 2.43. The summed E-state index contributed by atoms with van der Waals surface area (Å²) in [6.45, 7) is 2.44. The van der Waals surface area contributed by atoms with E-state index in [0.717, 1.165) is 34.5 Å². The van der Waals surface area contributed by atoms with Crippen molar-refractivity contribution in [3.8, 4) is 0 Å². The minimum absolute atomic E-state index is 0.204. The molecule has 0 bridgehead atoms. The Kier molecular flexibility index (Phi) is 9.87. The predicted molar refractivity (Wildman–Crippen MR) is 126 cm³/mol. The van der Waals surface area contributed by atoms with Gasteiger partial charge >= 0.3 is 0 Å². The zero-order valence-corrected chi connectivity index (χ0v) is 19.8. The fourth-order valence-electron chi connectivity index (χ4n) is 3.24. The molecular weight excluding hydrogens is 426 g/mol. The fourth-order valence-corrected chi connectivity index (χ4v) is 3.58. The van der Waals surface area contributed by atoms with Crippen LogP contribution in [0.2, 0.25) is 0 Å². The van der Waals surface area contributed by atoms with E-state index in [1.807, 2.05) is 67.6 Å². The van der Waals surface area contributed by atoms with Gasteiger partial charge in [-0.3, -0.25) is 9.59 Å². The van der Waals surface area contributed by atoms with E-state index in [2.05, 4.69) is 5.32 Å². The van der Waals surface area contributed by atoms with Gasteiger partial charge in [-0.05, 0) is 17.5 Å². The Morgan fingerprint density at radius 1 is 0.969 bits per heavy atom. The van der Waals surface area contributed by atoms with E-state index < -0.39 is 22.0 Å². The second kappa shape index (κ2) is 12.4. The van der Waals surface area contributed by atoms with Gasteiger partial charge in [0.2, 0.25) is 21.8 Å². The van der Waals surface area contributed by atoms with Gasteiger partial charge < -0.3 is 10.2 Å². The van der Waals surface area contributed by atoms with Gasteiger partial charge in [-0.25, -0.2) is 8.42 Å². The molecule has 1 unspecified atom stereocenters. The SMILES string of the molecule is CCCCNC(=O)C(Cc1ccccc1)N(Cc1ccccc1)C(=O)CN(C)S(C)(=O)=O. The molecule has 2 aromatic carbocycles. The van der Waals surface area contributed by atoms with E-state index >= 15 is 0 Å². The minimum Gasteiger partial charge on any atom is -0.354 e. The van der Waals surface area contributed by atoms with Crippen molar-refractivity contribution in [2.45, 2.75) is 38.8 Å². The molecule has 0 aliphatic rings. The van der Waals surface area contributed by atoms with Crippen LogP contribution in [0.3, 0.4) is 0 Å². The number of carbonyl (C=O) groups is 2. The minimum atomic E-state index is -3.54. The van der Waals surface area contributed by atoms with Crippen LogP contribution in [-0.4, -0.2) is 61.9 Å². The first kappa shape index (κ1) is 25.5. The molecule has 1 N–H and O–H groups in total. The molecule has 2 rings (SSSR count). The highest BCUT2D eigenvalue weighted by Gasteiger charge is 2.31. The number of likely N-dealkylation sites (N-methyl/N-ethyl adjacent to an activating group) is 1. The maximum atomic E-state index is 13.3. The molecule has 0 aromatic heterocycles. The lowest BCUT2D eigenvalue weighted by atomic mass is 10.0. The number of sulfonamides is 1. The number of benzene rings is 2. The molecule has 0 saturated heterocycles. The van der Waals surface area contributed by atoms with Gasteiger partial charge in [0.15, 0.2) is 0 Å². The summed E-state index contributed by atoms with van der Waals surface area (Å²) in [6, 6.07) is 18.1. The summed E-state index contributed by atoms with van der Waals surface area (Å²) in [5.74, 6) is -0.665. The number of amides is 2. The largest absolute Gasteiger partial charge is 0.354 e. The van der Waals surface area contributed by atoms with Crippen molar-refractivity contribution in [3.05, 3.63) is 71.8 Å². The van der Waals surface area contributed by atoms with E-state index in [9.17, 15) is 18.0 Å². The van der Waals surface area contributed by atoms with Crippen molar-refractivity contribution < 1.29 is 18.0 Å². The van der Waals surface area contributed by atoms with E-state index in [1.165, 1.54) is 11.9 Å². The molecule has 2 aromatic rings. The van der Waals surface area contributed by atoms with Gasteiger partial charge in [-0.15, -0.1) is 0 Å². The molecular formula is C24H33N3O4S. The Balaban J connectivity index is 2.38. The van der Waals surface area contributed by atoms with E-state index in [0.29, 0.717) is 13.0 Å². The Morgan fingerprint density at radius 3 is 2.06 bits per heavy atom. The van der Waals surface area contributed by atoms with Gasteiger partial charge in [0.1, 0.15) is 6.04 Å². The average Bonchev–Trinajstić information content (AvgIpc) is 2.77. The van der Waals surface area contributed by atoms with Gasteiger partial charge in [0.25, 0.3) is 0 Å². The highest BCUT2D eigenvalue weighted by atomic mass is 32.2. The molecule has 1 atom stereocenters. The third kappa shape index (κ3) is 8.09. The molecule has 174 valence electrons. The van der Waals surface area contributed by atoms with E-state index in [4.69, 9.17) is 0 Å². The van der Waals surface area contributed by atoms with E-state index in [1.54, 1.807) is 0 Å². The smallest absolute Gasteiger partial charge is 0.243 e. The number of hydrogen-bond donors (Lipinski definition) is 1. The lowest BCUT2D eigenvalue weighted by molar-refractivity contribution is -0.141. The van der Waals surface area contributed by atoms with Gasteiger partial charge in [-0.2, -0.15) is 4.31 Å². The zero-order valence-electron chi connectivity index (χ0n) is 19.0. The van der Waals surface area contributed by atoms with Crippen molar-refractivity contribution in [2.75, 3.05) is 26.4 Å². The number of rotatable bonds is 12. The summed E-state index contributed by atoms with van der Waals surface area (Å²) in [7, 11) is -2.18. The summed E-state index contributed by atoms with van der Waals surface area (Å²) in [5.41, 5.74) is 1.78. The Morgan fingerprint density at radius 2 is 1.53 bits per heavy atom. The Labute approximate surface area is 191 Å². The third-order valence-electron chi connectivity index (χ3n) is 5.22. The highest BCUT2D eigenvalue weighted by molar-refractivity contribution is 7.88. The van der Waals surface area contributed by atoms with Crippen LogP contribution >= 0.6 is 0 Å². The van der Waals surface area contributed by atoms with Crippen LogP contribution in [0.25, 0.3) is 0 Å². The molecule has 8 heteroatoms. The molecule has 32 heavy (non-hydrogen) atoms. The maximum absolute atomic E-state index is 13.3. The summed E-state index contributed by atoms with van der Waals surface area (Å²) in [5, 5.41) is 2.94. The van der Waals surface area contributed by atoms with Crippen LogP contribution in [0.1, 0.15) is 30.9 Å². The molecule has 0 aliphatic carbocycles. The second-order valence-electron chi connectivity index (χ2n) is 7.88. The first-order chi connectivity index (χ1) is 15.2. The monoisotopic (exact) mass is 459 g/mol. The third-order valence-corrected chi connectivity index (χ3v) is 6.48. The van der Waals surface area contributed by atoms with Gasteiger partial charge in [0, 0.05) is 26.6 Å². The van der Waals surface area contributed by atoms with E-state index in [-0.39, 0.29) is 19.0 Å². The molecule has 0 heterocycles. The zero-order chi connectivity index (χ0) is 23.6. The number of nitrogens with one attached hydrogen (secondary N) is 1. The normalized spacial score (nSPS) is 12.4. The molecule has 0 fully saturated rings. The molecule has 0 saturated carbocycles. The summed E-state index contributed by atoms with van der Waals surface area (Å²) < 4.78 is 24.8. The van der Waals surface area contributed by atoms with Crippen LogP contribution in [0, 0.1) is 0 Å². The summed E-state index contributed by atoms with van der Waals surface area (Å²) in [4.78, 5) is 28.0.